The second kappa shape index (κ2) is 6.76. The van der Waals surface area contributed by atoms with Crippen molar-refractivity contribution in [2.75, 3.05) is 24.2 Å². The monoisotopic (exact) mass is 347 g/mol. The quantitative estimate of drug-likeness (QED) is 0.844. The van der Waals surface area contributed by atoms with E-state index in [1.807, 2.05) is 19.1 Å². The van der Waals surface area contributed by atoms with Gasteiger partial charge in [0.1, 0.15) is 6.10 Å². The molecule has 0 spiro atoms. The smallest absolute Gasteiger partial charge is 0.316 e. The summed E-state index contributed by atoms with van der Waals surface area (Å²) in [5.74, 6) is 0. The molecule has 2 heterocycles. The van der Waals surface area contributed by atoms with Gasteiger partial charge < -0.3 is 9.64 Å². The van der Waals surface area contributed by atoms with Crippen molar-refractivity contribution in [1.82, 2.24) is 9.97 Å². The lowest BCUT2D eigenvalue weighted by Crippen LogP contribution is -2.41. The Kier molecular flexibility index (Phi) is 4.71. The zero-order valence-electron chi connectivity index (χ0n) is 13.8. The van der Waals surface area contributed by atoms with Crippen molar-refractivity contribution in [3.63, 3.8) is 0 Å². The van der Waals surface area contributed by atoms with Gasteiger partial charge in [-0.25, -0.2) is 18.4 Å². The lowest BCUT2D eigenvalue weighted by atomic mass is 10.1. The summed E-state index contributed by atoms with van der Waals surface area (Å²) in [5, 5.41) is 0. The van der Waals surface area contributed by atoms with E-state index in [-0.39, 0.29) is 6.10 Å². The predicted octanol–water partition coefficient (Wildman–Crippen LogP) is 2.24. The molecule has 7 heteroatoms. The van der Waals surface area contributed by atoms with Gasteiger partial charge in [0.15, 0.2) is 9.84 Å². The topological polar surface area (TPSA) is 72.4 Å². The first-order valence-electron chi connectivity index (χ1n) is 7.92. The summed E-state index contributed by atoms with van der Waals surface area (Å²) in [4.78, 5) is 10.9. The number of sulfone groups is 1. The van der Waals surface area contributed by atoms with Crippen LogP contribution in [0, 0.1) is 6.92 Å². The molecule has 1 saturated heterocycles. The molecule has 128 valence electrons. The standard InChI is InChI=1S/C17H21N3O3S/c1-13-10-18-17(19-11-13)23-15-4-3-9-20(12-15)14-5-7-16(8-6-14)24(2,21)22/h5-8,10-11,15H,3-4,9,12H2,1-2H3. The number of rotatable bonds is 4. The Morgan fingerprint density at radius 3 is 2.46 bits per heavy atom. The van der Waals surface area contributed by atoms with Crippen LogP contribution in [0.2, 0.25) is 0 Å². The summed E-state index contributed by atoms with van der Waals surface area (Å²) in [5.41, 5.74) is 2.00. The van der Waals surface area contributed by atoms with E-state index in [0.29, 0.717) is 10.9 Å². The van der Waals surface area contributed by atoms with Crippen LogP contribution in [0.1, 0.15) is 18.4 Å². The molecule has 24 heavy (non-hydrogen) atoms. The van der Waals surface area contributed by atoms with E-state index < -0.39 is 9.84 Å². The zero-order valence-corrected chi connectivity index (χ0v) is 14.7. The molecule has 3 rings (SSSR count). The number of aryl methyl sites for hydroxylation is 1. The van der Waals surface area contributed by atoms with E-state index in [9.17, 15) is 8.42 Å². The van der Waals surface area contributed by atoms with Crippen molar-refractivity contribution in [3.8, 4) is 6.01 Å². The minimum absolute atomic E-state index is 0.0241. The third kappa shape index (κ3) is 4.03. The summed E-state index contributed by atoms with van der Waals surface area (Å²) in [7, 11) is -3.17. The average molecular weight is 347 g/mol. The van der Waals surface area contributed by atoms with Gasteiger partial charge in [0.05, 0.1) is 11.4 Å². The lowest BCUT2D eigenvalue weighted by Gasteiger charge is -2.34. The highest BCUT2D eigenvalue weighted by molar-refractivity contribution is 7.90. The molecule has 1 aliphatic heterocycles. The van der Waals surface area contributed by atoms with Gasteiger partial charge in [-0.3, -0.25) is 0 Å². The molecule has 1 aromatic heterocycles. The average Bonchev–Trinajstić information content (AvgIpc) is 2.57. The summed E-state index contributed by atoms with van der Waals surface area (Å²) >= 11 is 0. The van der Waals surface area contributed by atoms with E-state index >= 15 is 0 Å². The van der Waals surface area contributed by atoms with Crippen LogP contribution in [0.3, 0.4) is 0 Å². The van der Waals surface area contributed by atoms with Crippen LogP contribution in [0.5, 0.6) is 6.01 Å². The number of piperidine rings is 1. The second-order valence-corrected chi connectivity index (χ2v) is 8.15. The van der Waals surface area contributed by atoms with Crippen molar-refractivity contribution >= 4 is 15.5 Å². The third-order valence-electron chi connectivity index (χ3n) is 4.04. The maximum absolute atomic E-state index is 11.6. The molecule has 6 nitrogen and oxygen atoms in total. The van der Waals surface area contributed by atoms with Gasteiger partial charge in [0, 0.05) is 30.9 Å². The Morgan fingerprint density at radius 2 is 1.83 bits per heavy atom. The van der Waals surface area contributed by atoms with Gasteiger partial charge in [-0.1, -0.05) is 0 Å². The van der Waals surface area contributed by atoms with Crippen molar-refractivity contribution < 1.29 is 13.2 Å². The van der Waals surface area contributed by atoms with Gasteiger partial charge in [-0.15, -0.1) is 0 Å². The summed E-state index contributed by atoms with van der Waals surface area (Å²) in [6.07, 6.45) is 6.68. The van der Waals surface area contributed by atoms with Gasteiger partial charge in [0.2, 0.25) is 0 Å². The first-order valence-corrected chi connectivity index (χ1v) is 9.81. The highest BCUT2D eigenvalue weighted by Gasteiger charge is 2.22. The molecule has 1 aromatic carbocycles. The summed E-state index contributed by atoms with van der Waals surface area (Å²) < 4.78 is 29.0. The Bertz CT molecular complexity index is 789. The van der Waals surface area contributed by atoms with Crippen LogP contribution in [-0.4, -0.2) is 43.8 Å². The van der Waals surface area contributed by atoms with Gasteiger partial charge >= 0.3 is 6.01 Å². The van der Waals surface area contributed by atoms with Gasteiger partial charge in [-0.2, -0.15) is 0 Å². The van der Waals surface area contributed by atoms with Crippen LogP contribution < -0.4 is 9.64 Å². The number of aromatic nitrogens is 2. The Hall–Kier alpha value is -2.15. The Morgan fingerprint density at radius 1 is 1.17 bits per heavy atom. The highest BCUT2D eigenvalue weighted by Crippen LogP contribution is 2.23. The summed E-state index contributed by atoms with van der Waals surface area (Å²) in [6, 6.07) is 7.40. The van der Waals surface area contributed by atoms with E-state index in [4.69, 9.17) is 4.74 Å². The first-order chi connectivity index (χ1) is 11.4. The summed E-state index contributed by atoms with van der Waals surface area (Å²) in [6.45, 7) is 3.59. The Labute approximate surface area is 142 Å². The molecule has 1 unspecified atom stereocenters. The molecule has 1 aliphatic rings. The number of benzene rings is 1. The maximum Gasteiger partial charge on any atom is 0.316 e. The molecular weight excluding hydrogens is 326 g/mol. The molecule has 2 aromatic rings. The van der Waals surface area contributed by atoms with Crippen molar-refractivity contribution in [2.45, 2.75) is 30.8 Å². The lowest BCUT2D eigenvalue weighted by molar-refractivity contribution is 0.164. The van der Waals surface area contributed by atoms with Crippen molar-refractivity contribution in [3.05, 3.63) is 42.2 Å². The number of anilines is 1. The van der Waals surface area contributed by atoms with Gasteiger partial charge in [-0.05, 0) is 49.6 Å². The molecule has 0 amide bonds. The number of hydrogen-bond acceptors (Lipinski definition) is 6. The normalized spacial score (nSPS) is 18.4. The number of nitrogens with zero attached hydrogens (tertiary/aromatic N) is 3. The van der Waals surface area contributed by atoms with E-state index in [1.165, 1.54) is 6.26 Å². The van der Waals surface area contributed by atoms with Gasteiger partial charge in [0.25, 0.3) is 0 Å². The maximum atomic E-state index is 11.6. The molecule has 0 bridgehead atoms. The first kappa shape index (κ1) is 16.7. The minimum Gasteiger partial charge on any atom is -0.458 e. The largest absolute Gasteiger partial charge is 0.458 e. The van der Waals surface area contributed by atoms with Crippen molar-refractivity contribution in [1.29, 1.82) is 0 Å². The SMILES string of the molecule is Cc1cnc(OC2CCCN(c3ccc(S(C)(=O)=O)cc3)C2)nc1. The van der Waals surface area contributed by atoms with E-state index in [1.54, 1.807) is 24.5 Å². The predicted molar refractivity (Wildman–Crippen MR) is 92.2 cm³/mol. The highest BCUT2D eigenvalue weighted by atomic mass is 32.2. The third-order valence-corrected chi connectivity index (χ3v) is 5.17. The zero-order chi connectivity index (χ0) is 17.2. The fourth-order valence-electron chi connectivity index (χ4n) is 2.76. The molecule has 1 fully saturated rings. The van der Waals surface area contributed by atoms with Crippen LogP contribution >= 0.6 is 0 Å². The number of ether oxygens (including phenoxy) is 1. The molecule has 0 N–H and O–H groups in total. The molecule has 0 radical (unpaired) electrons. The second-order valence-electron chi connectivity index (χ2n) is 6.14. The minimum atomic E-state index is -3.17. The molecule has 1 atom stereocenters. The van der Waals surface area contributed by atoms with Crippen molar-refractivity contribution in [2.24, 2.45) is 0 Å². The number of hydrogen-bond donors (Lipinski definition) is 0. The molecular formula is C17H21N3O3S. The Balaban J connectivity index is 1.68. The van der Waals surface area contributed by atoms with Crippen LogP contribution in [0.25, 0.3) is 0 Å². The van der Waals surface area contributed by atoms with E-state index in [0.717, 1.165) is 37.2 Å². The van der Waals surface area contributed by atoms with Crippen LogP contribution in [0.15, 0.2) is 41.6 Å². The van der Waals surface area contributed by atoms with Crippen LogP contribution in [-0.2, 0) is 9.84 Å². The molecule has 0 saturated carbocycles. The van der Waals surface area contributed by atoms with Crippen LogP contribution in [0.4, 0.5) is 5.69 Å². The fraction of sp³-hybridized carbons (Fsp3) is 0.412. The fourth-order valence-corrected chi connectivity index (χ4v) is 3.39. The molecule has 0 aliphatic carbocycles. The van der Waals surface area contributed by atoms with E-state index in [2.05, 4.69) is 14.9 Å².